The molecule has 1 fully saturated rings. The van der Waals surface area contributed by atoms with Gasteiger partial charge in [0.1, 0.15) is 16.9 Å². The van der Waals surface area contributed by atoms with E-state index in [-0.39, 0.29) is 12.0 Å². The van der Waals surface area contributed by atoms with Crippen LogP contribution in [0.15, 0.2) is 6.07 Å². The predicted octanol–water partition coefficient (Wildman–Crippen LogP) is 2.26. The van der Waals surface area contributed by atoms with Crippen LogP contribution in [0.4, 0.5) is 20.6 Å². The van der Waals surface area contributed by atoms with Gasteiger partial charge in [-0.15, -0.1) is 0 Å². The molecule has 4 N–H and O–H groups in total. The molecule has 1 saturated heterocycles. The number of hydrogen-bond donors (Lipinski definition) is 3. The maximum Gasteiger partial charge on any atom is 0.404 e. The highest BCUT2D eigenvalue weighted by Gasteiger charge is 2.29. The highest BCUT2D eigenvalue weighted by Crippen LogP contribution is 2.37. The summed E-state index contributed by atoms with van der Waals surface area (Å²) in [5.41, 5.74) is 8.05. The minimum Gasteiger partial charge on any atom is -0.465 e. The van der Waals surface area contributed by atoms with E-state index in [9.17, 15) is 9.18 Å². The van der Waals surface area contributed by atoms with Gasteiger partial charge in [-0.25, -0.2) is 14.2 Å². The molecular formula is C16H22FN5O2. The predicted molar refractivity (Wildman–Crippen MR) is 91.0 cm³/mol. The lowest BCUT2D eigenvalue weighted by Crippen LogP contribution is -2.36. The number of carbonyl (C=O) groups is 1. The Bertz CT molecular complexity index is 802. The van der Waals surface area contributed by atoms with Crippen LogP contribution in [0.1, 0.15) is 32.0 Å². The summed E-state index contributed by atoms with van der Waals surface area (Å²) in [6.07, 6.45) is -0.368. The van der Waals surface area contributed by atoms with E-state index in [4.69, 9.17) is 10.8 Å². The maximum atomic E-state index is 14.5. The van der Waals surface area contributed by atoms with Gasteiger partial charge in [0.15, 0.2) is 5.82 Å². The second-order valence-electron chi connectivity index (χ2n) is 6.56. The lowest BCUT2D eigenvalue weighted by atomic mass is 10.2. The highest BCUT2D eigenvalue weighted by molar-refractivity contribution is 5.97. The molecule has 130 valence electrons. The molecule has 0 saturated carbocycles. The van der Waals surface area contributed by atoms with Crippen LogP contribution < -0.4 is 16.0 Å². The molecule has 7 nitrogen and oxygen atoms in total. The van der Waals surface area contributed by atoms with E-state index in [2.05, 4.69) is 10.3 Å². The van der Waals surface area contributed by atoms with E-state index >= 15 is 0 Å². The van der Waals surface area contributed by atoms with Crippen LogP contribution in [-0.2, 0) is 7.05 Å². The van der Waals surface area contributed by atoms with Crippen molar-refractivity contribution in [1.29, 1.82) is 0 Å². The number of carboxylic acid groups (broad SMARTS) is 1. The number of nitrogens with zero attached hydrogens (tertiary/aromatic N) is 3. The lowest BCUT2D eigenvalue weighted by Gasteiger charge is -2.21. The summed E-state index contributed by atoms with van der Waals surface area (Å²) in [5.74, 6) is 0.540. The largest absolute Gasteiger partial charge is 0.465 e. The normalized spacial score (nSPS) is 17.9. The molecule has 3 rings (SSSR count). The number of benzene rings is 1. The number of halogens is 1. The molecule has 0 radical (unpaired) electrons. The molecule has 1 atom stereocenters. The number of aryl methyl sites for hydroxylation is 1. The van der Waals surface area contributed by atoms with E-state index < -0.39 is 11.9 Å². The molecule has 0 aliphatic carbocycles. The van der Waals surface area contributed by atoms with Crippen LogP contribution in [0.5, 0.6) is 0 Å². The standard InChI is InChI=1S/C16H22FN5O2/c1-8(2)15-20-12-13(21(15)3)10(17)6-11(18)14(12)22-5-4-9(7-22)19-16(23)24/h6,8-9,19H,4-5,7,18H2,1-3H3,(H,23,24)/t9-/m1/s1. The number of fused-ring (bicyclic) bond motifs is 1. The van der Waals surface area contributed by atoms with Gasteiger partial charge >= 0.3 is 6.09 Å². The molecule has 1 aromatic heterocycles. The summed E-state index contributed by atoms with van der Waals surface area (Å²) in [5, 5.41) is 11.4. The average Bonchev–Trinajstić information content (AvgIpc) is 3.03. The first-order valence-corrected chi connectivity index (χ1v) is 7.98. The SMILES string of the molecule is CC(C)c1nc2c(N3CC[C@@H](NC(=O)O)C3)c(N)cc(F)c2n1C. The number of rotatable bonds is 3. The van der Waals surface area contributed by atoms with Gasteiger partial charge in [-0.2, -0.15) is 0 Å². The van der Waals surface area contributed by atoms with Gasteiger partial charge in [-0.05, 0) is 6.42 Å². The Kier molecular flexibility index (Phi) is 3.98. The lowest BCUT2D eigenvalue weighted by molar-refractivity contribution is 0.191. The van der Waals surface area contributed by atoms with Crippen molar-refractivity contribution in [3.8, 4) is 0 Å². The van der Waals surface area contributed by atoms with Crippen LogP contribution in [-0.4, -0.2) is 39.9 Å². The highest BCUT2D eigenvalue weighted by atomic mass is 19.1. The smallest absolute Gasteiger partial charge is 0.404 e. The number of nitrogens with two attached hydrogens (primary N) is 1. The van der Waals surface area contributed by atoms with Gasteiger partial charge in [-0.1, -0.05) is 13.8 Å². The first-order chi connectivity index (χ1) is 11.3. The first kappa shape index (κ1) is 16.4. The zero-order valence-corrected chi connectivity index (χ0v) is 14.0. The van der Waals surface area contributed by atoms with E-state index in [0.717, 1.165) is 5.82 Å². The number of aromatic nitrogens is 2. The van der Waals surface area contributed by atoms with Crippen LogP contribution >= 0.6 is 0 Å². The van der Waals surface area contributed by atoms with Crippen LogP contribution in [0.2, 0.25) is 0 Å². The molecule has 1 aliphatic heterocycles. The van der Waals surface area contributed by atoms with Gasteiger partial charge in [0.05, 0.1) is 17.4 Å². The molecule has 24 heavy (non-hydrogen) atoms. The minimum absolute atomic E-state index is 0.149. The van der Waals surface area contributed by atoms with E-state index in [0.29, 0.717) is 41.9 Å². The van der Waals surface area contributed by atoms with Crippen molar-refractivity contribution in [1.82, 2.24) is 14.9 Å². The maximum absolute atomic E-state index is 14.5. The van der Waals surface area contributed by atoms with Crippen molar-refractivity contribution in [2.45, 2.75) is 32.2 Å². The Hall–Kier alpha value is -2.51. The molecule has 2 aromatic rings. The minimum atomic E-state index is -1.04. The van der Waals surface area contributed by atoms with E-state index in [1.807, 2.05) is 18.7 Å². The number of imidazole rings is 1. The summed E-state index contributed by atoms with van der Waals surface area (Å²) in [7, 11) is 1.80. The van der Waals surface area contributed by atoms with Crippen molar-refractivity contribution < 1.29 is 14.3 Å². The third kappa shape index (κ3) is 2.61. The summed E-state index contributed by atoms with van der Waals surface area (Å²) >= 11 is 0. The van der Waals surface area contributed by atoms with Gasteiger partial charge in [0, 0.05) is 32.1 Å². The second-order valence-corrected chi connectivity index (χ2v) is 6.56. The number of nitrogen functional groups attached to an aromatic ring is 1. The molecule has 0 spiro atoms. The molecule has 1 amide bonds. The van der Waals surface area contributed by atoms with Crippen molar-refractivity contribution in [3.63, 3.8) is 0 Å². The summed E-state index contributed by atoms with van der Waals surface area (Å²) in [4.78, 5) is 17.4. The van der Waals surface area contributed by atoms with Crippen LogP contribution in [0.25, 0.3) is 11.0 Å². The van der Waals surface area contributed by atoms with Crippen molar-refractivity contribution in [2.24, 2.45) is 7.05 Å². The third-order valence-electron chi connectivity index (χ3n) is 4.48. The Morgan fingerprint density at radius 1 is 1.54 bits per heavy atom. The molecule has 1 aliphatic rings. The van der Waals surface area contributed by atoms with Crippen molar-refractivity contribution >= 4 is 28.5 Å². The molecule has 1 aromatic carbocycles. The van der Waals surface area contributed by atoms with Gasteiger partial charge < -0.3 is 25.6 Å². The Labute approximate surface area is 139 Å². The Balaban J connectivity index is 2.08. The Morgan fingerprint density at radius 2 is 2.25 bits per heavy atom. The molecular weight excluding hydrogens is 313 g/mol. The number of anilines is 2. The van der Waals surface area contributed by atoms with Gasteiger partial charge in [0.25, 0.3) is 0 Å². The number of amides is 1. The molecule has 0 bridgehead atoms. The van der Waals surface area contributed by atoms with Crippen LogP contribution in [0.3, 0.4) is 0 Å². The van der Waals surface area contributed by atoms with Crippen molar-refractivity contribution in [2.75, 3.05) is 23.7 Å². The first-order valence-electron chi connectivity index (χ1n) is 7.98. The van der Waals surface area contributed by atoms with Crippen molar-refractivity contribution in [3.05, 3.63) is 17.7 Å². The van der Waals surface area contributed by atoms with Gasteiger partial charge in [0.2, 0.25) is 0 Å². The fraction of sp³-hybridized carbons (Fsp3) is 0.500. The van der Waals surface area contributed by atoms with E-state index in [1.165, 1.54) is 6.07 Å². The zero-order valence-electron chi connectivity index (χ0n) is 14.0. The summed E-state index contributed by atoms with van der Waals surface area (Å²) in [6.45, 7) is 5.14. The number of hydrogen-bond acceptors (Lipinski definition) is 4. The molecule has 0 unspecified atom stereocenters. The van der Waals surface area contributed by atoms with Gasteiger partial charge in [-0.3, -0.25) is 0 Å². The fourth-order valence-electron chi connectivity index (χ4n) is 3.47. The average molecular weight is 335 g/mol. The molecule has 2 heterocycles. The zero-order chi connectivity index (χ0) is 17.6. The Morgan fingerprint density at radius 3 is 2.88 bits per heavy atom. The molecule has 8 heteroatoms. The third-order valence-corrected chi connectivity index (χ3v) is 4.48. The van der Waals surface area contributed by atoms with E-state index in [1.54, 1.807) is 11.6 Å². The quantitative estimate of drug-likeness (QED) is 0.748. The summed E-state index contributed by atoms with van der Waals surface area (Å²) in [6, 6.07) is 1.15. The monoisotopic (exact) mass is 335 g/mol. The summed E-state index contributed by atoms with van der Waals surface area (Å²) < 4.78 is 16.2. The fourth-order valence-corrected chi connectivity index (χ4v) is 3.47. The van der Waals surface area contributed by atoms with Crippen LogP contribution in [0, 0.1) is 5.82 Å². The number of nitrogens with one attached hydrogen (secondary N) is 1. The topological polar surface area (TPSA) is 96.4 Å². The second kappa shape index (κ2) is 5.85.